The Morgan fingerprint density at radius 2 is 1.78 bits per heavy atom. The first kappa shape index (κ1) is 15.0. The summed E-state index contributed by atoms with van der Waals surface area (Å²) in [6.45, 7) is 4.21. The maximum absolute atomic E-state index is 11.8. The first-order chi connectivity index (χ1) is 8.32. The Morgan fingerprint density at radius 3 is 2.22 bits per heavy atom. The van der Waals surface area contributed by atoms with Crippen molar-refractivity contribution in [1.82, 2.24) is 15.1 Å². The third-order valence-corrected chi connectivity index (χ3v) is 3.58. The fraction of sp³-hybridized carbons (Fsp3) is 0.846. The Bertz CT molecular complexity index is 313. The molecule has 0 radical (unpaired) electrons. The SMILES string of the molecule is CC(NC(=O)CN(C)C(C)C1CC1)C(=O)N(C)C. The molecule has 1 rings (SSSR count). The monoisotopic (exact) mass is 255 g/mol. The van der Waals surface area contributed by atoms with Crippen molar-refractivity contribution in [3.8, 4) is 0 Å². The van der Waals surface area contributed by atoms with Crippen LogP contribution in [0.25, 0.3) is 0 Å². The topological polar surface area (TPSA) is 52.7 Å². The van der Waals surface area contributed by atoms with Gasteiger partial charge in [0.05, 0.1) is 6.54 Å². The third kappa shape index (κ3) is 4.29. The average Bonchev–Trinajstić information content (AvgIpc) is 3.10. The molecule has 2 atom stereocenters. The van der Waals surface area contributed by atoms with Crippen LogP contribution in [0.4, 0.5) is 0 Å². The highest BCUT2D eigenvalue weighted by Gasteiger charge is 2.31. The van der Waals surface area contributed by atoms with Gasteiger partial charge in [-0.1, -0.05) is 0 Å². The molecule has 1 fully saturated rings. The van der Waals surface area contributed by atoms with Crippen LogP contribution in [0.2, 0.25) is 0 Å². The van der Waals surface area contributed by atoms with E-state index in [1.807, 2.05) is 7.05 Å². The van der Waals surface area contributed by atoms with Crippen LogP contribution < -0.4 is 5.32 Å². The number of carbonyl (C=O) groups is 2. The van der Waals surface area contributed by atoms with Gasteiger partial charge in [0.15, 0.2) is 0 Å². The number of rotatable bonds is 6. The number of amides is 2. The normalized spacial score (nSPS) is 18.3. The van der Waals surface area contributed by atoms with Crippen molar-refractivity contribution in [2.75, 3.05) is 27.7 Å². The van der Waals surface area contributed by atoms with Crippen LogP contribution in [0.3, 0.4) is 0 Å². The molecule has 5 heteroatoms. The van der Waals surface area contributed by atoms with Crippen LogP contribution in [0, 0.1) is 5.92 Å². The van der Waals surface area contributed by atoms with Crippen molar-refractivity contribution in [3.05, 3.63) is 0 Å². The predicted molar refractivity (Wildman–Crippen MR) is 71.1 cm³/mol. The largest absolute Gasteiger partial charge is 0.347 e. The molecule has 18 heavy (non-hydrogen) atoms. The van der Waals surface area contributed by atoms with Crippen molar-refractivity contribution in [2.24, 2.45) is 5.92 Å². The van der Waals surface area contributed by atoms with Crippen LogP contribution in [-0.2, 0) is 9.59 Å². The molecule has 5 nitrogen and oxygen atoms in total. The van der Waals surface area contributed by atoms with E-state index in [0.29, 0.717) is 12.6 Å². The Balaban J connectivity index is 2.34. The van der Waals surface area contributed by atoms with Crippen LogP contribution in [0.1, 0.15) is 26.7 Å². The molecule has 0 bridgehead atoms. The maximum atomic E-state index is 11.8. The van der Waals surface area contributed by atoms with Crippen LogP contribution in [0.5, 0.6) is 0 Å². The molecule has 1 N–H and O–H groups in total. The van der Waals surface area contributed by atoms with Crippen LogP contribution in [-0.4, -0.2) is 61.4 Å². The van der Waals surface area contributed by atoms with Crippen molar-refractivity contribution in [1.29, 1.82) is 0 Å². The quantitative estimate of drug-likeness (QED) is 0.743. The van der Waals surface area contributed by atoms with Gasteiger partial charge in [0, 0.05) is 20.1 Å². The van der Waals surface area contributed by atoms with E-state index in [9.17, 15) is 9.59 Å². The lowest BCUT2D eigenvalue weighted by Crippen LogP contribution is -2.48. The standard InChI is InChI=1S/C13H25N3O2/c1-9(13(18)15(3)4)14-12(17)8-16(5)10(2)11-6-7-11/h9-11H,6-8H2,1-5H3,(H,14,17). The first-order valence-electron chi connectivity index (χ1n) is 6.53. The van der Waals surface area contributed by atoms with E-state index in [4.69, 9.17) is 0 Å². The summed E-state index contributed by atoms with van der Waals surface area (Å²) in [6.07, 6.45) is 2.53. The molecule has 1 saturated carbocycles. The highest BCUT2D eigenvalue weighted by Crippen LogP contribution is 2.34. The number of hydrogen-bond donors (Lipinski definition) is 1. The molecule has 0 aromatic heterocycles. The average molecular weight is 255 g/mol. The van der Waals surface area contributed by atoms with E-state index in [0.717, 1.165) is 5.92 Å². The predicted octanol–water partition coefficient (Wildman–Crippen LogP) is 0.310. The van der Waals surface area contributed by atoms with Gasteiger partial charge in [-0.25, -0.2) is 0 Å². The van der Waals surface area contributed by atoms with Gasteiger partial charge in [0.25, 0.3) is 0 Å². The van der Waals surface area contributed by atoms with Gasteiger partial charge in [-0.15, -0.1) is 0 Å². The Labute approximate surface area is 110 Å². The summed E-state index contributed by atoms with van der Waals surface area (Å²) in [5, 5.41) is 2.73. The van der Waals surface area contributed by atoms with E-state index in [1.54, 1.807) is 21.0 Å². The summed E-state index contributed by atoms with van der Waals surface area (Å²) in [5.41, 5.74) is 0. The van der Waals surface area contributed by atoms with Crippen molar-refractivity contribution in [3.63, 3.8) is 0 Å². The van der Waals surface area contributed by atoms with Gasteiger partial charge >= 0.3 is 0 Å². The third-order valence-electron chi connectivity index (χ3n) is 3.58. The van der Waals surface area contributed by atoms with E-state index in [1.165, 1.54) is 17.7 Å². The molecule has 2 amide bonds. The summed E-state index contributed by atoms with van der Waals surface area (Å²) in [7, 11) is 5.33. The number of nitrogens with zero attached hydrogens (tertiary/aromatic N) is 2. The van der Waals surface area contributed by atoms with Crippen LogP contribution >= 0.6 is 0 Å². The van der Waals surface area contributed by atoms with Crippen LogP contribution in [0.15, 0.2) is 0 Å². The van der Waals surface area contributed by atoms with E-state index in [-0.39, 0.29) is 11.8 Å². The number of hydrogen-bond acceptors (Lipinski definition) is 3. The first-order valence-corrected chi connectivity index (χ1v) is 6.53. The lowest BCUT2D eigenvalue weighted by molar-refractivity contribution is -0.134. The molecule has 0 heterocycles. The zero-order chi connectivity index (χ0) is 13.9. The van der Waals surface area contributed by atoms with Gasteiger partial charge in [0.1, 0.15) is 6.04 Å². The highest BCUT2D eigenvalue weighted by molar-refractivity contribution is 5.87. The van der Waals surface area contributed by atoms with Crippen molar-refractivity contribution in [2.45, 2.75) is 38.8 Å². The number of likely N-dealkylation sites (N-methyl/N-ethyl adjacent to an activating group) is 2. The second kappa shape index (κ2) is 6.18. The maximum Gasteiger partial charge on any atom is 0.244 e. The number of carbonyl (C=O) groups excluding carboxylic acids is 2. The molecular weight excluding hydrogens is 230 g/mol. The summed E-state index contributed by atoms with van der Waals surface area (Å²) in [6, 6.07) is -0.0206. The molecule has 0 saturated heterocycles. The molecule has 1 aliphatic carbocycles. The molecule has 1 aliphatic rings. The smallest absolute Gasteiger partial charge is 0.244 e. The highest BCUT2D eigenvalue weighted by atomic mass is 16.2. The minimum Gasteiger partial charge on any atom is -0.347 e. The van der Waals surface area contributed by atoms with E-state index < -0.39 is 6.04 Å². The Hall–Kier alpha value is -1.10. The fourth-order valence-corrected chi connectivity index (χ4v) is 2.05. The van der Waals surface area contributed by atoms with Gasteiger partial charge in [-0.2, -0.15) is 0 Å². The Kier molecular flexibility index (Phi) is 5.14. The molecular formula is C13H25N3O2. The van der Waals surface area contributed by atoms with Crippen molar-refractivity contribution < 1.29 is 9.59 Å². The molecule has 0 aromatic rings. The summed E-state index contributed by atoms with van der Waals surface area (Å²) in [4.78, 5) is 27.0. The minimum atomic E-state index is -0.461. The Morgan fingerprint density at radius 1 is 1.22 bits per heavy atom. The lowest BCUT2D eigenvalue weighted by Gasteiger charge is -2.25. The van der Waals surface area contributed by atoms with E-state index >= 15 is 0 Å². The van der Waals surface area contributed by atoms with Gasteiger partial charge in [0.2, 0.25) is 11.8 Å². The number of nitrogens with one attached hydrogen (secondary N) is 1. The zero-order valence-electron chi connectivity index (χ0n) is 12.1. The van der Waals surface area contributed by atoms with Gasteiger partial charge in [-0.05, 0) is 39.7 Å². The molecule has 0 spiro atoms. The fourth-order valence-electron chi connectivity index (χ4n) is 2.05. The lowest BCUT2D eigenvalue weighted by atomic mass is 10.2. The second-order valence-electron chi connectivity index (χ2n) is 5.52. The molecule has 2 unspecified atom stereocenters. The second-order valence-corrected chi connectivity index (χ2v) is 5.52. The van der Waals surface area contributed by atoms with Crippen molar-refractivity contribution >= 4 is 11.8 Å². The summed E-state index contributed by atoms with van der Waals surface area (Å²) < 4.78 is 0. The minimum absolute atomic E-state index is 0.0822. The van der Waals surface area contributed by atoms with Gasteiger partial charge < -0.3 is 10.2 Å². The molecule has 0 aliphatic heterocycles. The molecule has 104 valence electrons. The summed E-state index contributed by atoms with van der Waals surface area (Å²) in [5.74, 6) is 0.567. The van der Waals surface area contributed by atoms with Gasteiger partial charge in [-0.3, -0.25) is 14.5 Å². The molecule has 0 aromatic carbocycles. The van der Waals surface area contributed by atoms with E-state index in [2.05, 4.69) is 17.1 Å². The zero-order valence-corrected chi connectivity index (χ0v) is 12.1. The summed E-state index contributed by atoms with van der Waals surface area (Å²) >= 11 is 0.